The number of carbonyl (C=O) groups excluding carboxylic acids is 1. The first-order valence-electron chi connectivity index (χ1n) is 7.32. The van der Waals surface area contributed by atoms with Crippen LogP contribution in [0.4, 0.5) is 0 Å². The molecule has 1 amide bonds. The van der Waals surface area contributed by atoms with Gasteiger partial charge in [0.05, 0.1) is 6.54 Å². The fourth-order valence-electron chi connectivity index (χ4n) is 2.52. The van der Waals surface area contributed by atoms with E-state index in [-0.39, 0.29) is 5.91 Å². The van der Waals surface area contributed by atoms with Gasteiger partial charge in [-0.1, -0.05) is 13.8 Å². The van der Waals surface area contributed by atoms with E-state index in [0.717, 1.165) is 51.9 Å². The molecule has 4 heteroatoms. The molecule has 0 bridgehead atoms. The van der Waals surface area contributed by atoms with Crippen LogP contribution in [-0.2, 0) is 4.79 Å². The number of carbonyl (C=O) groups is 1. The largest absolute Gasteiger partial charge is 0.396 e. The lowest BCUT2D eigenvalue weighted by Crippen LogP contribution is -2.44. The van der Waals surface area contributed by atoms with Gasteiger partial charge in [0.2, 0.25) is 5.91 Å². The fraction of sp³-hybridized carbons (Fsp3) is 0.929. The lowest BCUT2D eigenvalue weighted by molar-refractivity contribution is -0.132. The molecule has 0 saturated carbocycles. The molecule has 0 unspecified atom stereocenters. The molecule has 0 aromatic heterocycles. The molecule has 0 radical (unpaired) electrons. The van der Waals surface area contributed by atoms with Crippen molar-refractivity contribution >= 4 is 5.91 Å². The summed E-state index contributed by atoms with van der Waals surface area (Å²) in [6, 6.07) is 0. The summed E-state index contributed by atoms with van der Waals surface area (Å²) in [5.41, 5.74) is 0. The van der Waals surface area contributed by atoms with Crippen LogP contribution in [0.1, 0.15) is 39.5 Å². The summed E-state index contributed by atoms with van der Waals surface area (Å²) < 4.78 is 0. The van der Waals surface area contributed by atoms with E-state index in [4.69, 9.17) is 5.11 Å². The van der Waals surface area contributed by atoms with E-state index in [1.165, 1.54) is 0 Å². The molecule has 1 rings (SSSR count). The molecule has 106 valence electrons. The van der Waals surface area contributed by atoms with Crippen molar-refractivity contribution in [2.75, 3.05) is 39.3 Å². The van der Waals surface area contributed by atoms with Crippen molar-refractivity contribution in [1.82, 2.24) is 9.80 Å². The van der Waals surface area contributed by atoms with Crippen LogP contribution in [0.5, 0.6) is 0 Å². The topological polar surface area (TPSA) is 43.8 Å². The summed E-state index contributed by atoms with van der Waals surface area (Å²) in [7, 11) is 0. The normalized spacial score (nSPS) is 17.9. The highest BCUT2D eigenvalue weighted by Crippen LogP contribution is 2.16. The van der Waals surface area contributed by atoms with E-state index in [1.54, 1.807) is 0 Å². The van der Waals surface area contributed by atoms with Gasteiger partial charge >= 0.3 is 0 Å². The smallest absolute Gasteiger partial charge is 0.236 e. The maximum atomic E-state index is 12.2. The van der Waals surface area contributed by atoms with Gasteiger partial charge in [0.1, 0.15) is 0 Å². The molecule has 1 fully saturated rings. The third kappa shape index (κ3) is 4.94. The standard InChI is InChI=1S/C14H28N2O2/c1-3-7-16(8-4-2)14(18)11-15-9-5-13(12-17)6-10-15/h13,17H,3-12H2,1-2H3. The van der Waals surface area contributed by atoms with Crippen molar-refractivity contribution in [3.05, 3.63) is 0 Å². The third-order valence-electron chi connectivity index (χ3n) is 3.66. The summed E-state index contributed by atoms with van der Waals surface area (Å²) in [6.07, 6.45) is 4.09. The van der Waals surface area contributed by atoms with E-state index in [2.05, 4.69) is 18.7 Å². The number of hydrogen-bond acceptors (Lipinski definition) is 3. The highest BCUT2D eigenvalue weighted by atomic mass is 16.3. The predicted molar refractivity (Wildman–Crippen MR) is 73.4 cm³/mol. The van der Waals surface area contributed by atoms with Crippen LogP contribution in [0.2, 0.25) is 0 Å². The fourth-order valence-corrected chi connectivity index (χ4v) is 2.52. The molecule has 0 aromatic rings. The summed E-state index contributed by atoms with van der Waals surface area (Å²) in [5.74, 6) is 0.708. The van der Waals surface area contributed by atoms with Crippen molar-refractivity contribution < 1.29 is 9.90 Å². The van der Waals surface area contributed by atoms with Crippen molar-refractivity contribution in [3.8, 4) is 0 Å². The quantitative estimate of drug-likeness (QED) is 0.747. The first-order chi connectivity index (χ1) is 8.71. The van der Waals surface area contributed by atoms with E-state index >= 15 is 0 Å². The van der Waals surface area contributed by atoms with Crippen LogP contribution >= 0.6 is 0 Å². The molecular weight excluding hydrogens is 228 g/mol. The Morgan fingerprint density at radius 2 is 1.78 bits per heavy atom. The average molecular weight is 256 g/mol. The van der Waals surface area contributed by atoms with Crippen LogP contribution in [0.3, 0.4) is 0 Å². The molecule has 1 N–H and O–H groups in total. The van der Waals surface area contributed by atoms with Crippen molar-refractivity contribution in [3.63, 3.8) is 0 Å². The minimum atomic E-state index is 0.265. The van der Waals surface area contributed by atoms with Crippen LogP contribution < -0.4 is 0 Å². The number of piperidine rings is 1. The van der Waals surface area contributed by atoms with Gasteiger partial charge in [0, 0.05) is 19.7 Å². The molecule has 4 nitrogen and oxygen atoms in total. The Kier molecular flexibility index (Phi) is 7.28. The van der Waals surface area contributed by atoms with Gasteiger partial charge in [0.15, 0.2) is 0 Å². The molecule has 0 aliphatic carbocycles. The van der Waals surface area contributed by atoms with E-state index < -0.39 is 0 Å². The molecule has 1 saturated heterocycles. The number of aliphatic hydroxyl groups excluding tert-OH is 1. The summed E-state index contributed by atoms with van der Waals surface area (Å²) in [5, 5.41) is 9.09. The number of rotatable bonds is 7. The zero-order chi connectivity index (χ0) is 13.4. The maximum Gasteiger partial charge on any atom is 0.236 e. The average Bonchev–Trinajstić information content (AvgIpc) is 2.39. The molecule has 1 heterocycles. The Morgan fingerprint density at radius 1 is 1.22 bits per heavy atom. The van der Waals surface area contributed by atoms with Gasteiger partial charge in [-0.15, -0.1) is 0 Å². The van der Waals surface area contributed by atoms with Crippen LogP contribution in [0, 0.1) is 5.92 Å². The van der Waals surface area contributed by atoms with Crippen molar-refractivity contribution in [2.24, 2.45) is 5.92 Å². The maximum absolute atomic E-state index is 12.2. The Balaban J connectivity index is 2.34. The molecule has 1 aliphatic rings. The minimum absolute atomic E-state index is 0.265. The number of likely N-dealkylation sites (tertiary alicyclic amines) is 1. The molecule has 18 heavy (non-hydrogen) atoms. The number of aliphatic hydroxyl groups is 1. The van der Waals surface area contributed by atoms with Gasteiger partial charge in [-0.3, -0.25) is 9.69 Å². The van der Waals surface area contributed by atoms with E-state index in [0.29, 0.717) is 19.1 Å². The monoisotopic (exact) mass is 256 g/mol. The van der Waals surface area contributed by atoms with Gasteiger partial charge < -0.3 is 10.0 Å². The zero-order valence-electron chi connectivity index (χ0n) is 11.9. The van der Waals surface area contributed by atoms with Gasteiger partial charge in [-0.2, -0.15) is 0 Å². The van der Waals surface area contributed by atoms with Gasteiger partial charge in [-0.05, 0) is 44.7 Å². The molecule has 0 aromatic carbocycles. The van der Waals surface area contributed by atoms with Crippen LogP contribution in [0.15, 0.2) is 0 Å². The Labute approximate surface area is 111 Å². The summed E-state index contributed by atoms with van der Waals surface area (Å²) >= 11 is 0. The molecule has 0 spiro atoms. The van der Waals surface area contributed by atoms with Crippen molar-refractivity contribution in [2.45, 2.75) is 39.5 Å². The number of nitrogens with zero attached hydrogens (tertiary/aromatic N) is 2. The number of amides is 1. The molecular formula is C14H28N2O2. The van der Waals surface area contributed by atoms with Gasteiger partial charge in [0.25, 0.3) is 0 Å². The second-order valence-corrected chi connectivity index (χ2v) is 5.28. The third-order valence-corrected chi connectivity index (χ3v) is 3.66. The highest BCUT2D eigenvalue weighted by Gasteiger charge is 2.22. The molecule has 1 aliphatic heterocycles. The Bertz CT molecular complexity index is 232. The van der Waals surface area contributed by atoms with Crippen molar-refractivity contribution in [1.29, 1.82) is 0 Å². The zero-order valence-corrected chi connectivity index (χ0v) is 11.9. The van der Waals surface area contributed by atoms with Gasteiger partial charge in [-0.25, -0.2) is 0 Å². The van der Waals surface area contributed by atoms with Crippen LogP contribution in [0.25, 0.3) is 0 Å². The SMILES string of the molecule is CCCN(CCC)C(=O)CN1CCC(CO)CC1. The highest BCUT2D eigenvalue weighted by molar-refractivity contribution is 5.78. The minimum Gasteiger partial charge on any atom is -0.396 e. The Hall–Kier alpha value is -0.610. The van der Waals surface area contributed by atoms with E-state index in [1.807, 2.05) is 4.90 Å². The van der Waals surface area contributed by atoms with Crippen LogP contribution in [-0.4, -0.2) is 60.1 Å². The first kappa shape index (κ1) is 15.4. The first-order valence-corrected chi connectivity index (χ1v) is 7.32. The predicted octanol–water partition coefficient (Wildman–Crippen LogP) is 1.34. The lowest BCUT2D eigenvalue weighted by Gasteiger charge is -2.32. The Morgan fingerprint density at radius 3 is 2.22 bits per heavy atom. The summed E-state index contributed by atoms with van der Waals surface area (Å²) in [6.45, 7) is 8.72. The lowest BCUT2D eigenvalue weighted by atomic mass is 9.98. The second-order valence-electron chi connectivity index (χ2n) is 5.28. The number of hydrogen-bond donors (Lipinski definition) is 1. The second kappa shape index (κ2) is 8.48. The summed E-state index contributed by atoms with van der Waals surface area (Å²) in [4.78, 5) is 16.4. The molecule has 0 atom stereocenters. The van der Waals surface area contributed by atoms with E-state index in [9.17, 15) is 4.79 Å².